The first-order valence-corrected chi connectivity index (χ1v) is 6.22. The average Bonchev–Trinajstić information content (AvgIpc) is 2.95. The van der Waals surface area contributed by atoms with E-state index in [0.29, 0.717) is 18.4 Å². The van der Waals surface area contributed by atoms with E-state index in [1.807, 2.05) is 18.2 Å². The van der Waals surface area contributed by atoms with E-state index in [0.717, 1.165) is 5.56 Å². The van der Waals surface area contributed by atoms with Gasteiger partial charge in [-0.2, -0.15) is 0 Å². The van der Waals surface area contributed by atoms with Crippen LogP contribution in [0.4, 0.5) is 0 Å². The minimum absolute atomic E-state index is 0.162. The molecule has 5 nitrogen and oxygen atoms in total. The van der Waals surface area contributed by atoms with Crippen LogP contribution in [0.5, 0.6) is 0 Å². The van der Waals surface area contributed by atoms with Gasteiger partial charge in [-0.1, -0.05) is 18.2 Å². The van der Waals surface area contributed by atoms with Gasteiger partial charge in [-0.25, -0.2) is 4.79 Å². The zero-order valence-electron chi connectivity index (χ0n) is 10.9. The fourth-order valence-electron chi connectivity index (χ4n) is 3.21. The van der Waals surface area contributed by atoms with E-state index < -0.39 is 11.8 Å². The normalized spacial score (nSPS) is 28.2. The summed E-state index contributed by atoms with van der Waals surface area (Å²) in [6.07, 6.45) is 1.16. The first kappa shape index (κ1) is 12.2. The standard InChI is InChI=1S/C14H15NO4/c1-18-13(17)11-7-8-14(19-2)10-6-4-3-5-9(10)12(16)15(11)14/h3-6,11H,7-8H2,1-2H3/t11-,14+/m0/s1. The number of nitrogens with zero attached hydrogens (tertiary/aromatic N) is 1. The number of rotatable bonds is 2. The van der Waals surface area contributed by atoms with Gasteiger partial charge in [0.1, 0.15) is 6.04 Å². The summed E-state index contributed by atoms with van der Waals surface area (Å²) in [6, 6.07) is 6.78. The van der Waals surface area contributed by atoms with Crippen LogP contribution in [0.25, 0.3) is 0 Å². The van der Waals surface area contributed by atoms with Crippen molar-refractivity contribution in [3.05, 3.63) is 35.4 Å². The lowest BCUT2D eigenvalue weighted by atomic mass is 9.98. The summed E-state index contributed by atoms with van der Waals surface area (Å²) in [5, 5.41) is 0. The van der Waals surface area contributed by atoms with Gasteiger partial charge in [0.15, 0.2) is 5.72 Å². The number of methoxy groups -OCH3 is 2. The Hall–Kier alpha value is -1.88. The molecule has 0 aliphatic carbocycles. The number of carbonyl (C=O) groups is 2. The first-order valence-electron chi connectivity index (χ1n) is 6.22. The van der Waals surface area contributed by atoms with Crippen LogP contribution in [-0.4, -0.2) is 37.0 Å². The van der Waals surface area contributed by atoms with Crippen LogP contribution in [0.15, 0.2) is 24.3 Å². The summed E-state index contributed by atoms with van der Waals surface area (Å²) in [5.41, 5.74) is 0.638. The molecule has 2 atom stereocenters. The molecule has 1 aromatic carbocycles. The summed E-state index contributed by atoms with van der Waals surface area (Å²) in [7, 11) is 2.91. The summed E-state index contributed by atoms with van der Waals surface area (Å²) < 4.78 is 10.4. The van der Waals surface area contributed by atoms with Crippen LogP contribution in [-0.2, 0) is 20.0 Å². The Balaban J connectivity index is 2.13. The zero-order chi connectivity index (χ0) is 13.6. The molecular formula is C14H15NO4. The second-order valence-corrected chi connectivity index (χ2v) is 4.79. The van der Waals surface area contributed by atoms with Gasteiger partial charge in [0.2, 0.25) is 0 Å². The maximum atomic E-state index is 12.5. The van der Waals surface area contributed by atoms with Crippen molar-refractivity contribution in [2.45, 2.75) is 24.6 Å². The number of fused-ring (bicyclic) bond motifs is 3. The molecule has 1 saturated heterocycles. The van der Waals surface area contributed by atoms with Crippen molar-refractivity contribution in [1.29, 1.82) is 0 Å². The van der Waals surface area contributed by atoms with Gasteiger partial charge in [0.05, 0.1) is 7.11 Å². The van der Waals surface area contributed by atoms with Crippen molar-refractivity contribution < 1.29 is 19.1 Å². The number of carbonyl (C=O) groups excluding carboxylic acids is 2. The number of ether oxygens (including phenoxy) is 2. The minimum Gasteiger partial charge on any atom is -0.467 e. The highest BCUT2D eigenvalue weighted by Gasteiger charge is 2.58. The highest BCUT2D eigenvalue weighted by Crippen LogP contribution is 2.49. The van der Waals surface area contributed by atoms with Crippen LogP contribution >= 0.6 is 0 Å². The molecule has 2 aliphatic heterocycles. The molecule has 0 bridgehead atoms. The van der Waals surface area contributed by atoms with Crippen LogP contribution in [0.3, 0.4) is 0 Å². The van der Waals surface area contributed by atoms with E-state index in [9.17, 15) is 9.59 Å². The van der Waals surface area contributed by atoms with Crippen molar-refractivity contribution in [3.63, 3.8) is 0 Å². The highest BCUT2D eigenvalue weighted by atomic mass is 16.5. The monoisotopic (exact) mass is 261 g/mol. The van der Waals surface area contributed by atoms with E-state index >= 15 is 0 Å². The summed E-state index contributed by atoms with van der Waals surface area (Å²) >= 11 is 0. The lowest BCUT2D eigenvalue weighted by molar-refractivity contribution is -0.152. The number of hydrogen-bond donors (Lipinski definition) is 0. The minimum atomic E-state index is -0.813. The predicted molar refractivity (Wildman–Crippen MR) is 66.3 cm³/mol. The maximum Gasteiger partial charge on any atom is 0.328 e. The molecule has 2 heterocycles. The maximum absolute atomic E-state index is 12.5. The number of hydrogen-bond acceptors (Lipinski definition) is 4. The Bertz CT molecular complexity index is 556. The molecule has 0 saturated carbocycles. The van der Waals surface area contributed by atoms with Crippen molar-refractivity contribution in [1.82, 2.24) is 4.90 Å². The zero-order valence-corrected chi connectivity index (χ0v) is 10.9. The number of amides is 1. The lowest BCUT2D eigenvalue weighted by Gasteiger charge is -2.33. The Morgan fingerprint density at radius 3 is 2.79 bits per heavy atom. The van der Waals surface area contributed by atoms with Crippen molar-refractivity contribution >= 4 is 11.9 Å². The van der Waals surface area contributed by atoms with Crippen LogP contribution in [0.1, 0.15) is 28.8 Å². The SMILES string of the molecule is COC(=O)[C@@H]1CC[C@@]2(OC)c3ccccc3C(=O)N12. The average molecular weight is 261 g/mol. The highest BCUT2D eigenvalue weighted by molar-refractivity contribution is 6.02. The molecule has 19 heavy (non-hydrogen) atoms. The largest absolute Gasteiger partial charge is 0.467 e. The van der Waals surface area contributed by atoms with Gasteiger partial charge in [-0.3, -0.25) is 9.69 Å². The first-order chi connectivity index (χ1) is 9.15. The molecule has 0 radical (unpaired) electrons. The van der Waals surface area contributed by atoms with Crippen LogP contribution < -0.4 is 0 Å². The Labute approximate surface area is 111 Å². The second kappa shape index (κ2) is 4.06. The topological polar surface area (TPSA) is 55.8 Å². The lowest BCUT2D eigenvalue weighted by Crippen LogP contribution is -2.47. The van der Waals surface area contributed by atoms with Crippen LogP contribution in [0.2, 0.25) is 0 Å². The Morgan fingerprint density at radius 1 is 1.37 bits per heavy atom. The smallest absolute Gasteiger partial charge is 0.328 e. The van der Waals surface area contributed by atoms with Crippen molar-refractivity contribution in [2.75, 3.05) is 14.2 Å². The summed E-state index contributed by atoms with van der Waals surface area (Å²) in [6.45, 7) is 0. The molecule has 0 N–H and O–H groups in total. The van der Waals surface area contributed by atoms with Gasteiger partial charge in [-0.05, 0) is 12.5 Å². The molecule has 5 heteroatoms. The van der Waals surface area contributed by atoms with E-state index in [1.54, 1.807) is 13.2 Å². The van der Waals surface area contributed by atoms with Gasteiger partial charge in [-0.15, -0.1) is 0 Å². The number of esters is 1. The molecule has 1 fully saturated rings. The van der Waals surface area contributed by atoms with Crippen molar-refractivity contribution in [2.24, 2.45) is 0 Å². The van der Waals surface area contributed by atoms with Gasteiger partial charge in [0, 0.05) is 24.7 Å². The summed E-state index contributed by atoms with van der Waals surface area (Å²) in [4.78, 5) is 25.9. The molecule has 0 spiro atoms. The quantitative estimate of drug-likeness (QED) is 0.752. The van der Waals surface area contributed by atoms with E-state index in [4.69, 9.17) is 9.47 Å². The van der Waals surface area contributed by atoms with E-state index in [2.05, 4.69) is 0 Å². The van der Waals surface area contributed by atoms with Gasteiger partial charge >= 0.3 is 5.97 Å². The molecule has 100 valence electrons. The number of benzene rings is 1. The molecule has 0 aromatic heterocycles. The Morgan fingerprint density at radius 2 is 2.11 bits per heavy atom. The van der Waals surface area contributed by atoms with E-state index in [1.165, 1.54) is 12.0 Å². The van der Waals surface area contributed by atoms with Crippen LogP contribution in [0, 0.1) is 0 Å². The fourth-order valence-corrected chi connectivity index (χ4v) is 3.21. The second-order valence-electron chi connectivity index (χ2n) is 4.79. The molecule has 3 rings (SSSR count). The predicted octanol–water partition coefficient (Wildman–Crippen LogP) is 1.28. The summed E-state index contributed by atoms with van der Waals surface area (Å²) in [5.74, 6) is -0.551. The van der Waals surface area contributed by atoms with Gasteiger partial charge in [0.25, 0.3) is 5.91 Å². The fraction of sp³-hybridized carbons (Fsp3) is 0.429. The van der Waals surface area contributed by atoms with Crippen molar-refractivity contribution in [3.8, 4) is 0 Å². The third-order valence-electron chi connectivity index (χ3n) is 4.07. The molecule has 1 aromatic rings. The molecule has 0 unspecified atom stereocenters. The third-order valence-corrected chi connectivity index (χ3v) is 4.07. The third kappa shape index (κ3) is 1.39. The van der Waals surface area contributed by atoms with E-state index in [-0.39, 0.29) is 11.9 Å². The van der Waals surface area contributed by atoms with Gasteiger partial charge < -0.3 is 9.47 Å². The molecular weight excluding hydrogens is 246 g/mol. The molecule has 1 amide bonds. The molecule has 2 aliphatic rings. The Kier molecular flexibility index (Phi) is 2.60.